The number of hydrogen-bond donors (Lipinski definition) is 2. The number of nitrogens with zero attached hydrogens (tertiary/aromatic N) is 1. The van der Waals surface area contributed by atoms with Crippen LogP contribution >= 0.6 is 0 Å². The largest absolute Gasteiger partial charge is 0.348 e. The van der Waals surface area contributed by atoms with Gasteiger partial charge in [-0.05, 0) is 49.4 Å². The molecule has 0 bridgehead atoms. The van der Waals surface area contributed by atoms with Crippen molar-refractivity contribution < 1.29 is 18.0 Å². The van der Waals surface area contributed by atoms with E-state index in [1.54, 1.807) is 28.6 Å². The van der Waals surface area contributed by atoms with E-state index in [1.807, 2.05) is 37.3 Å². The fourth-order valence-electron chi connectivity index (χ4n) is 3.57. The number of rotatable bonds is 7. The van der Waals surface area contributed by atoms with Crippen molar-refractivity contribution in [3.63, 3.8) is 0 Å². The molecule has 166 valence electrons. The van der Waals surface area contributed by atoms with Crippen LogP contribution in [0, 0.1) is 0 Å². The summed E-state index contributed by atoms with van der Waals surface area (Å²) in [5.41, 5.74) is 1.80. The third-order valence-corrected chi connectivity index (χ3v) is 7.34. The monoisotopic (exact) mass is 443 g/mol. The van der Waals surface area contributed by atoms with Gasteiger partial charge in [-0.15, -0.1) is 0 Å². The number of hydrogen-bond acceptors (Lipinski definition) is 4. The molecular formula is C23H29N3O4S. The molecule has 0 aliphatic carbocycles. The Hall–Kier alpha value is -2.71. The standard InChI is InChI=1S/C23H29N3O4S/c1-18(20-8-4-2-5-9-20)25-23(28)22(27)24-15-14-19-10-12-21(13-11-19)31(29,30)26-16-6-3-7-17-26/h2,4-5,8-13,18H,3,6-7,14-17H2,1H3,(H,24,27)(H,25,28)/t18-/m0/s1. The molecule has 1 heterocycles. The van der Waals surface area contributed by atoms with Gasteiger partial charge in [0.25, 0.3) is 0 Å². The second-order valence-corrected chi connectivity index (χ2v) is 9.66. The second kappa shape index (κ2) is 10.5. The van der Waals surface area contributed by atoms with Gasteiger partial charge in [-0.2, -0.15) is 4.31 Å². The zero-order valence-electron chi connectivity index (χ0n) is 17.7. The molecular weight excluding hydrogens is 414 g/mol. The Kier molecular flexibility index (Phi) is 7.81. The SMILES string of the molecule is C[C@H](NC(=O)C(=O)NCCc1ccc(S(=O)(=O)N2CCCCC2)cc1)c1ccccc1. The summed E-state index contributed by atoms with van der Waals surface area (Å²) in [6.07, 6.45) is 3.36. The molecule has 2 amide bonds. The molecule has 8 heteroatoms. The van der Waals surface area contributed by atoms with Crippen LogP contribution in [0.25, 0.3) is 0 Å². The summed E-state index contributed by atoms with van der Waals surface area (Å²) < 4.78 is 26.9. The highest BCUT2D eigenvalue weighted by atomic mass is 32.2. The van der Waals surface area contributed by atoms with E-state index in [9.17, 15) is 18.0 Å². The average molecular weight is 444 g/mol. The first kappa shape index (κ1) is 23.0. The van der Waals surface area contributed by atoms with Crippen LogP contribution in [0.15, 0.2) is 59.5 Å². The molecule has 2 aromatic carbocycles. The van der Waals surface area contributed by atoms with Gasteiger partial charge in [0.15, 0.2) is 0 Å². The lowest BCUT2D eigenvalue weighted by Gasteiger charge is -2.25. The smallest absolute Gasteiger partial charge is 0.309 e. The van der Waals surface area contributed by atoms with E-state index < -0.39 is 21.8 Å². The summed E-state index contributed by atoms with van der Waals surface area (Å²) in [4.78, 5) is 24.4. The summed E-state index contributed by atoms with van der Waals surface area (Å²) in [6, 6.07) is 15.9. The minimum atomic E-state index is -3.45. The molecule has 1 aliphatic rings. The molecule has 0 aromatic heterocycles. The Balaban J connectivity index is 1.47. The summed E-state index contributed by atoms with van der Waals surface area (Å²) >= 11 is 0. The lowest BCUT2D eigenvalue weighted by molar-refractivity contribution is -0.139. The molecule has 1 saturated heterocycles. The third-order valence-electron chi connectivity index (χ3n) is 5.43. The summed E-state index contributed by atoms with van der Waals surface area (Å²) in [6.45, 7) is 3.24. The van der Waals surface area contributed by atoms with Gasteiger partial charge < -0.3 is 10.6 Å². The molecule has 0 spiro atoms. The zero-order chi connectivity index (χ0) is 22.3. The molecule has 0 unspecified atom stereocenters. The third kappa shape index (κ3) is 6.15. The van der Waals surface area contributed by atoms with Crippen molar-refractivity contribution in [2.24, 2.45) is 0 Å². The first-order valence-electron chi connectivity index (χ1n) is 10.6. The van der Waals surface area contributed by atoms with Gasteiger partial charge in [0, 0.05) is 19.6 Å². The van der Waals surface area contributed by atoms with E-state index in [0.717, 1.165) is 30.4 Å². The molecule has 2 aromatic rings. The Morgan fingerprint density at radius 2 is 1.58 bits per heavy atom. The van der Waals surface area contributed by atoms with Crippen LogP contribution in [0.1, 0.15) is 43.4 Å². The molecule has 2 N–H and O–H groups in total. The first-order valence-corrected chi connectivity index (χ1v) is 12.0. The zero-order valence-corrected chi connectivity index (χ0v) is 18.5. The highest BCUT2D eigenvalue weighted by molar-refractivity contribution is 7.89. The van der Waals surface area contributed by atoms with E-state index in [2.05, 4.69) is 10.6 Å². The topological polar surface area (TPSA) is 95.6 Å². The van der Waals surface area contributed by atoms with Gasteiger partial charge in [0.1, 0.15) is 0 Å². The Bertz CT molecular complexity index is 985. The van der Waals surface area contributed by atoms with Crippen LogP contribution in [0.3, 0.4) is 0 Å². The van der Waals surface area contributed by atoms with Gasteiger partial charge in [-0.3, -0.25) is 9.59 Å². The van der Waals surface area contributed by atoms with Crippen molar-refractivity contribution in [2.45, 2.75) is 43.5 Å². The van der Waals surface area contributed by atoms with Crippen molar-refractivity contribution in [3.05, 3.63) is 65.7 Å². The molecule has 0 radical (unpaired) electrons. The maximum atomic E-state index is 12.7. The minimum absolute atomic E-state index is 0.270. The van der Waals surface area contributed by atoms with Crippen LogP contribution in [-0.2, 0) is 26.0 Å². The van der Waals surface area contributed by atoms with Crippen molar-refractivity contribution >= 4 is 21.8 Å². The lowest BCUT2D eigenvalue weighted by Crippen LogP contribution is -2.41. The van der Waals surface area contributed by atoms with Gasteiger partial charge in [0.05, 0.1) is 10.9 Å². The van der Waals surface area contributed by atoms with Crippen LogP contribution in [0.5, 0.6) is 0 Å². The normalized spacial score (nSPS) is 15.8. The molecule has 31 heavy (non-hydrogen) atoms. The molecule has 1 atom stereocenters. The Morgan fingerprint density at radius 3 is 2.23 bits per heavy atom. The highest BCUT2D eigenvalue weighted by Gasteiger charge is 2.25. The maximum absolute atomic E-state index is 12.7. The van der Waals surface area contributed by atoms with Crippen molar-refractivity contribution in [3.8, 4) is 0 Å². The molecule has 1 aliphatic heterocycles. The van der Waals surface area contributed by atoms with Crippen LogP contribution in [-0.4, -0.2) is 44.2 Å². The molecule has 7 nitrogen and oxygen atoms in total. The van der Waals surface area contributed by atoms with Gasteiger partial charge in [-0.25, -0.2) is 8.42 Å². The van der Waals surface area contributed by atoms with Crippen LogP contribution < -0.4 is 10.6 Å². The highest BCUT2D eigenvalue weighted by Crippen LogP contribution is 2.21. The average Bonchev–Trinajstić information content (AvgIpc) is 2.80. The number of benzene rings is 2. The predicted molar refractivity (Wildman–Crippen MR) is 119 cm³/mol. The van der Waals surface area contributed by atoms with Crippen molar-refractivity contribution in [2.75, 3.05) is 19.6 Å². The summed E-state index contributed by atoms with van der Waals surface area (Å²) in [5.74, 6) is -1.37. The lowest BCUT2D eigenvalue weighted by atomic mass is 10.1. The fourth-order valence-corrected chi connectivity index (χ4v) is 5.09. The molecule has 1 fully saturated rings. The van der Waals surface area contributed by atoms with Gasteiger partial charge in [-0.1, -0.05) is 48.9 Å². The van der Waals surface area contributed by atoms with E-state index in [4.69, 9.17) is 0 Å². The van der Waals surface area contributed by atoms with Gasteiger partial charge >= 0.3 is 11.8 Å². The van der Waals surface area contributed by atoms with E-state index in [-0.39, 0.29) is 17.5 Å². The summed E-state index contributed by atoms with van der Waals surface area (Å²) in [5, 5.41) is 5.28. The minimum Gasteiger partial charge on any atom is -0.348 e. The first-order chi connectivity index (χ1) is 14.9. The van der Waals surface area contributed by atoms with E-state index in [0.29, 0.717) is 19.5 Å². The molecule has 0 saturated carbocycles. The molecule has 3 rings (SSSR count). The predicted octanol–water partition coefficient (Wildman–Crippen LogP) is 2.40. The number of sulfonamides is 1. The Labute approximate surface area is 183 Å². The fraction of sp³-hybridized carbons (Fsp3) is 0.391. The number of piperidine rings is 1. The second-order valence-electron chi connectivity index (χ2n) is 7.72. The van der Waals surface area contributed by atoms with E-state index >= 15 is 0 Å². The van der Waals surface area contributed by atoms with E-state index in [1.165, 1.54) is 0 Å². The number of amides is 2. The number of carbonyl (C=O) groups excluding carboxylic acids is 2. The van der Waals surface area contributed by atoms with Crippen LogP contribution in [0.2, 0.25) is 0 Å². The maximum Gasteiger partial charge on any atom is 0.309 e. The van der Waals surface area contributed by atoms with Crippen LogP contribution in [0.4, 0.5) is 0 Å². The number of carbonyl (C=O) groups is 2. The summed E-state index contributed by atoms with van der Waals surface area (Å²) in [7, 11) is -3.45. The quantitative estimate of drug-likeness (QED) is 0.643. The number of nitrogens with one attached hydrogen (secondary N) is 2. The van der Waals surface area contributed by atoms with Crippen molar-refractivity contribution in [1.82, 2.24) is 14.9 Å². The van der Waals surface area contributed by atoms with Crippen molar-refractivity contribution in [1.29, 1.82) is 0 Å². The Morgan fingerprint density at radius 1 is 0.935 bits per heavy atom. The van der Waals surface area contributed by atoms with Gasteiger partial charge in [0.2, 0.25) is 10.0 Å².